The Kier molecular flexibility index (Phi) is 12.1. The summed E-state index contributed by atoms with van der Waals surface area (Å²) in [6, 6.07) is -1.28. The van der Waals surface area contributed by atoms with Crippen LogP contribution in [0, 0.1) is 0 Å². The van der Waals surface area contributed by atoms with Crippen LogP contribution in [0.5, 0.6) is 0 Å². The standard InChI is InChI=1S/C8H16NO9P.2Na/c1-3(10)9-5-7(12)6(11)4(18-8(5)13)2-17-19(14,15)16;;/h4-8,11-13H,2H2,1H3,(H,9,10)(H2,14,15,16);;/q;2*+1/p-2/t4-,5-,6-,7-,8?;;/m1../s1. The van der Waals surface area contributed by atoms with Crippen LogP contribution in [0.4, 0.5) is 0 Å². The molecule has 0 aliphatic carbocycles. The van der Waals surface area contributed by atoms with Gasteiger partial charge in [-0.3, -0.25) is 4.79 Å². The molecular formula is C8H14NNa2O9P. The average Bonchev–Trinajstić information content (AvgIpc) is 2.26. The summed E-state index contributed by atoms with van der Waals surface area (Å²) in [6.07, 6.45) is -6.37. The number of nitrogens with one attached hydrogen (secondary N) is 1. The zero-order valence-corrected chi connectivity index (χ0v) is 16.7. The number of carbonyl (C=O) groups excluding carboxylic acids is 1. The monoisotopic (exact) mass is 345 g/mol. The number of ether oxygens (including phenoxy) is 1. The van der Waals surface area contributed by atoms with Gasteiger partial charge in [0.1, 0.15) is 24.4 Å². The Balaban J connectivity index is 0. The van der Waals surface area contributed by atoms with Crippen molar-refractivity contribution in [2.75, 3.05) is 6.61 Å². The molecule has 0 saturated carbocycles. The topological polar surface area (TPSA) is 171 Å². The van der Waals surface area contributed by atoms with Crippen LogP contribution in [0.2, 0.25) is 0 Å². The second-order valence-corrected chi connectivity index (χ2v) is 5.17. The zero-order chi connectivity index (χ0) is 14.8. The van der Waals surface area contributed by atoms with Crippen LogP contribution in [-0.2, 0) is 18.6 Å². The predicted molar refractivity (Wildman–Crippen MR) is 54.1 cm³/mol. The van der Waals surface area contributed by atoms with E-state index in [-0.39, 0.29) is 59.1 Å². The van der Waals surface area contributed by atoms with Crippen LogP contribution in [0.25, 0.3) is 0 Å². The largest absolute Gasteiger partial charge is 1.00 e. The van der Waals surface area contributed by atoms with Crippen molar-refractivity contribution < 1.29 is 103 Å². The Bertz CT molecular complexity index is 381. The third-order valence-electron chi connectivity index (χ3n) is 2.49. The molecule has 1 heterocycles. The van der Waals surface area contributed by atoms with Crippen molar-refractivity contribution in [1.82, 2.24) is 5.32 Å². The van der Waals surface area contributed by atoms with Gasteiger partial charge in [-0.15, -0.1) is 0 Å². The van der Waals surface area contributed by atoms with Crippen molar-refractivity contribution in [3.05, 3.63) is 0 Å². The van der Waals surface area contributed by atoms with Gasteiger partial charge in [0.05, 0.1) is 14.4 Å². The average molecular weight is 345 g/mol. The maximum Gasteiger partial charge on any atom is 1.00 e. The van der Waals surface area contributed by atoms with E-state index in [0.717, 1.165) is 6.92 Å². The van der Waals surface area contributed by atoms with Gasteiger partial charge < -0.3 is 44.2 Å². The maximum absolute atomic E-state index is 10.8. The number of hydrogen-bond donors (Lipinski definition) is 4. The summed E-state index contributed by atoms with van der Waals surface area (Å²) in [7, 11) is -5.26. The number of rotatable bonds is 4. The molecule has 10 nitrogen and oxygen atoms in total. The van der Waals surface area contributed by atoms with Gasteiger partial charge >= 0.3 is 59.1 Å². The number of amides is 1. The van der Waals surface area contributed by atoms with E-state index in [1.807, 2.05) is 0 Å². The van der Waals surface area contributed by atoms with E-state index in [4.69, 9.17) is 4.74 Å². The minimum atomic E-state index is -5.26. The summed E-state index contributed by atoms with van der Waals surface area (Å²) in [5.74, 6) is -0.572. The van der Waals surface area contributed by atoms with Gasteiger partial charge in [0, 0.05) is 6.92 Å². The fourth-order valence-electron chi connectivity index (χ4n) is 1.64. The fourth-order valence-corrected chi connectivity index (χ4v) is 1.97. The van der Waals surface area contributed by atoms with E-state index in [2.05, 4.69) is 9.84 Å². The van der Waals surface area contributed by atoms with Gasteiger partial charge in [0.15, 0.2) is 6.29 Å². The summed E-state index contributed by atoms with van der Waals surface area (Å²) in [4.78, 5) is 31.4. The second-order valence-electron chi connectivity index (χ2n) is 4.02. The quantitative estimate of drug-likeness (QED) is 0.285. The van der Waals surface area contributed by atoms with Gasteiger partial charge in [0.25, 0.3) is 0 Å². The van der Waals surface area contributed by atoms with Gasteiger partial charge in [-0.05, 0) is 0 Å². The third-order valence-corrected chi connectivity index (χ3v) is 2.95. The minimum absolute atomic E-state index is 0. The molecule has 5 atom stereocenters. The van der Waals surface area contributed by atoms with Crippen LogP contribution < -0.4 is 74.2 Å². The first-order valence-corrected chi connectivity index (χ1v) is 6.71. The number of phosphoric ester groups is 1. The second kappa shape index (κ2) is 10.3. The molecule has 1 saturated heterocycles. The van der Waals surface area contributed by atoms with Crippen molar-refractivity contribution in [2.45, 2.75) is 37.6 Å². The molecule has 13 heteroatoms. The molecule has 1 aliphatic heterocycles. The van der Waals surface area contributed by atoms with Crippen molar-refractivity contribution in [3.8, 4) is 0 Å². The van der Waals surface area contributed by atoms with Crippen molar-refractivity contribution in [2.24, 2.45) is 0 Å². The van der Waals surface area contributed by atoms with E-state index >= 15 is 0 Å². The number of aliphatic hydroxyl groups is 3. The van der Waals surface area contributed by atoms with Gasteiger partial charge in [-0.2, -0.15) is 0 Å². The van der Waals surface area contributed by atoms with E-state index < -0.39 is 51.0 Å². The van der Waals surface area contributed by atoms with E-state index in [9.17, 15) is 34.5 Å². The maximum atomic E-state index is 10.8. The number of hydrogen-bond acceptors (Lipinski definition) is 9. The molecular weight excluding hydrogens is 331 g/mol. The van der Waals surface area contributed by atoms with Gasteiger partial charge in [-0.1, -0.05) is 0 Å². The first kappa shape index (κ1) is 24.7. The first-order chi connectivity index (χ1) is 8.61. The molecule has 1 aliphatic rings. The van der Waals surface area contributed by atoms with Crippen LogP contribution in [0.15, 0.2) is 0 Å². The molecule has 0 spiro atoms. The molecule has 4 N–H and O–H groups in total. The Morgan fingerprint density at radius 2 is 1.81 bits per heavy atom. The molecule has 0 bridgehead atoms. The molecule has 112 valence electrons. The van der Waals surface area contributed by atoms with Gasteiger partial charge in [-0.25, -0.2) is 0 Å². The Labute approximate surface area is 165 Å². The first-order valence-electron chi connectivity index (χ1n) is 5.25. The van der Waals surface area contributed by atoms with Crippen LogP contribution in [0.3, 0.4) is 0 Å². The zero-order valence-electron chi connectivity index (χ0n) is 11.8. The normalized spacial score (nSPS) is 32.6. The predicted octanol–water partition coefficient (Wildman–Crippen LogP) is -10.2. The van der Waals surface area contributed by atoms with Crippen LogP contribution in [0.1, 0.15) is 6.92 Å². The summed E-state index contributed by atoms with van der Waals surface area (Å²) < 4.78 is 19.0. The Hall–Kier alpha value is 1.42. The molecule has 0 aromatic carbocycles. The van der Waals surface area contributed by atoms with Crippen LogP contribution in [-0.4, -0.2) is 58.5 Å². The minimum Gasteiger partial charge on any atom is -0.790 e. The molecule has 0 aromatic heterocycles. The van der Waals surface area contributed by atoms with Crippen molar-refractivity contribution in [3.63, 3.8) is 0 Å². The smallest absolute Gasteiger partial charge is 0.790 e. The molecule has 1 fully saturated rings. The van der Waals surface area contributed by atoms with Gasteiger partial charge in [0.2, 0.25) is 5.91 Å². The van der Waals surface area contributed by atoms with Crippen molar-refractivity contribution >= 4 is 13.7 Å². The molecule has 0 aromatic rings. The fraction of sp³-hybridized carbons (Fsp3) is 0.875. The van der Waals surface area contributed by atoms with E-state index in [1.54, 1.807) is 0 Å². The van der Waals surface area contributed by atoms with Crippen LogP contribution >= 0.6 is 7.82 Å². The number of aliphatic hydroxyl groups excluding tert-OH is 3. The molecule has 0 radical (unpaired) electrons. The summed E-state index contributed by atoms with van der Waals surface area (Å²) >= 11 is 0. The summed E-state index contributed by atoms with van der Waals surface area (Å²) in [6.45, 7) is 0.276. The Morgan fingerprint density at radius 1 is 1.29 bits per heavy atom. The van der Waals surface area contributed by atoms with E-state index in [1.165, 1.54) is 0 Å². The third kappa shape index (κ3) is 8.18. The Morgan fingerprint density at radius 3 is 2.24 bits per heavy atom. The number of phosphoric acid groups is 1. The van der Waals surface area contributed by atoms with Crippen molar-refractivity contribution in [1.29, 1.82) is 0 Å². The number of carbonyl (C=O) groups is 1. The molecule has 21 heavy (non-hydrogen) atoms. The molecule has 1 rings (SSSR count). The SMILES string of the molecule is CC(=O)N[C@H]1C(O)O[C@H](COP(=O)([O-])[O-])[C@@H](O)[C@@H]1O.[Na+].[Na+]. The summed E-state index contributed by atoms with van der Waals surface area (Å²) in [5, 5.41) is 31.0. The molecule has 1 amide bonds. The molecule has 1 unspecified atom stereocenters. The van der Waals surface area contributed by atoms with E-state index in [0.29, 0.717) is 0 Å². The summed E-state index contributed by atoms with van der Waals surface area (Å²) in [5.41, 5.74) is 0.